The Morgan fingerprint density at radius 3 is 2.55 bits per heavy atom. The normalized spacial score (nSPS) is 13.3. The van der Waals surface area contributed by atoms with Crippen molar-refractivity contribution in [1.29, 1.82) is 0 Å². The van der Waals surface area contributed by atoms with Crippen LogP contribution in [0.15, 0.2) is 42.5 Å². The van der Waals surface area contributed by atoms with Crippen LogP contribution in [0.2, 0.25) is 0 Å². The summed E-state index contributed by atoms with van der Waals surface area (Å²) in [6.45, 7) is 1.73. The minimum Gasteiger partial charge on any atom is -0.487 e. The highest BCUT2D eigenvalue weighted by Crippen LogP contribution is 2.36. The molecule has 0 aromatic heterocycles. The van der Waals surface area contributed by atoms with Crippen LogP contribution in [0.1, 0.15) is 13.3 Å². The molecule has 0 aliphatic heterocycles. The van der Waals surface area contributed by atoms with Gasteiger partial charge in [-0.25, -0.2) is 4.57 Å². The Morgan fingerprint density at radius 1 is 1.15 bits per heavy atom. The van der Waals surface area contributed by atoms with E-state index in [1.807, 2.05) is 49.4 Å². The minimum atomic E-state index is -4.47. The first kappa shape index (κ1) is 15.0. The van der Waals surface area contributed by atoms with Gasteiger partial charge in [-0.2, -0.15) is 0 Å². The maximum Gasteiger partial charge on any atom is 0.469 e. The molecule has 0 saturated heterocycles. The van der Waals surface area contributed by atoms with Gasteiger partial charge in [-0.3, -0.25) is 4.52 Å². The maximum atomic E-state index is 10.7. The van der Waals surface area contributed by atoms with E-state index in [1.54, 1.807) is 0 Å². The van der Waals surface area contributed by atoms with Crippen LogP contribution in [0.25, 0.3) is 10.8 Å². The summed E-state index contributed by atoms with van der Waals surface area (Å²) in [4.78, 5) is 17.5. The molecule has 2 aromatic rings. The Hall–Kier alpha value is -1.39. The molecular formula is C14H17O5P. The molecule has 0 bridgehead atoms. The van der Waals surface area contributed by atoms with Crippen LogP contribution < -0.4 is 4.74 Å². The van der Waals surface area contributed by atoms with Crippen molar-refractivity contribution in [2.75, 3.05) is 6.61 Å². The van der Waals surface area contributed by atoms with Crippen molar-refractivity contribution in [1.82, 2.24) is 0 Å². The zero-order valence-corrected chi connectivity index (χ0v) is 12.0. The first-order valence-electron chi connectivity index (χ1n) is 6.34. The molecule has 2 rings (SSSR count). The molecule has 0 fully saturated rings. The first-order valence-corrected chi connectivity index (χ1v) is 7.87. The lowest BCUT2D eigenvalue weighted by Crippen LogP contribution is -2.21. The topological polar surface area (TPSA) is 76.0 Å². The molecule has 0 spiro atoms. The predicted molar refractivity (Wildman–Crippen MR) is 76.7 cm³/mol. The molecule has 5 nitrogen and oxygen atoms in total. The van der Waals surface area contributed by atoms with E-state index in [4.69, 9.17) is 14.5 Å². The molecule has 20 heavy (non-hydrogen) atoms. The lowest BCUT2D eigenvalue weighted by molar-refractivity contribution is 0.100. The van der Waals surface area contributed by atoms with Crippen molar-refractivity contribution in [3.05, 3.63) is 42.5 Å². The zero-order chi connectivity index (χ0) is 14.6. The van der Waals surface area contributed by atoms with Gasteiger partial charge in [0.1, 0.15) is 11.9 Å². The number of rotatable bonds is 6. The first-order chi connectivity index (χ1) is 9.49. The van der Waals surface area contributed by atoms with E-state index >= 15 is 0 Å². The SMILES string of the molecule is CCC(COP(=O)(O)O)Oc1cccc2ccccc12. The van der Waals surface area contributed by atoms with E-state index in [-0.39, 0.29) is 6.61 Å². The molecule has 0 aliphatic rings. The van der Waals surface area contributed by atoms with Crippen LogP contribution in [0.3, 0.4) is 0 Å². The molecular weight excluding hydrogens is 279 g/mol. The highest BCUT2D eigenvalue weighted by Gasteiger charge is 2.18. The number of phosphoric acid groups is 1. The quantitative estimate of drug-likeness (QED) is 0.801. The van der Waals surface area contributed by atoms with E-state index in [0.717, 1.165) is 10.8 Å². The van der Waals surface area contributed by atoms with Crippen LogP contribution in [-0.4, -0.2) is 22.5 Å². The Morgan fingerprint density at radius 2 is 1.85 bits per heavy atom. The summed E-state index contributed by atoms with van der Waals surface area (Å²) in [6.07, 6.45) is 0.178. The third-order valence-electron chi connectivity index (χ3n) is 2.93. The number of hydrogen-bond acceptors (Lipinski definition) is 3. The molecule has 0 saturated carbocycles. The summed E-state index contributed by atoms with van der Waals surface area (Å²) in [6, 6.07) is 13.5. The van der Waals surface area contributed by atoms with Crippen molar-refractivity contribution in [2.24, 2.45) is 0 Å². The molecule has 6 heteroatoms. The van der Waals surface area contributed by atoms with Gasteiger partial charge < -0.3 is 14.5 Å². The van der Waals surface area contributed by atoms with Gasteiger partial charge in [0.15, 0.2) is 0 Å². The average Bonchev–Trinajstić information content (AvgIpc) is 2.42. The average molecular weight is 296 g/mol. The Balaban J connectivity index is 2.15. The summed E-state index contributed by atoms with van der Waals surface area (Å²) in [5.41, 5.74) is 0. The number of phosphoric ester groups is 1. The lowest BCUT2D eigenvalue weighted by Gasteiger charge is -2.19. The number of hydrogen-bond donors (Lipinski definition) is 2. The van der Waals surface area contributed by atoms with Gasteiger partial charge >= 0.3 is 7.82 Å². The van der Waals surface area contributed by atoms with Crippen LogP contribution >= 0.6 is 7.82 Å². The number of benzene rings is 2. The van der Waals surface area contributed by atoms with Gasteiger partial charge in [0.25, 0.3) is 0 Å². The van der Waals surface area contributed by atoms with Crippen LogP contribution in [-0.2, 0) is 9.09 Å². The summed E-state index contributed by atoms with van der Waals surface area (Å²) in [5, 5.41) is 2.01. The predicted octanol–water partition coefficient (Wildman–Crippen LogP) is 3.11. The fraction of sp³-hybridized carbons (Fsp3) is 0.286. The second kappa shape index (κ2) is 6.37. The smallest absolute Gasteiger partial charge is 0.469 e. The Labute approximate surface area is 117 Å². The molecule has 0 heterocycles. The highest BCUT2D eigenvalue weighted by molar-refractivity contribution is 7.46. The second-order valence-corrected chi connectivity index (χ2v) is 5.65. The van der Waals surface area contributed by atoms with Gasteiger partial charge in [0, 0.05) is 5.39 Å². The molecule has 108 valence electrons. The molecule has 1 atom stereocenters. The van der Waals surface area contributed by atoms with Gasteiger partial charge in [0.05, 0.1) is 6.61 Å². The fourth-order valence-electron chi connectivity index (χ4n) is 1.89. The zero-order valence-electron chi connectivity index (χ0n) is 11.1. The van der Waals surface area contributed by atoms with Crippen LogP contribution in [0.4, 0.5) is 0 Å². The largest absolute Gasteiger partial charge is 0.487 e. The molecule has 0 radical (unpaired) electrons. The lowest BCUT2D eigenvalue weighted by atomic mass is 10.1. The Kier molecular flexibility index (Phi) is 4.78. The van der Waals surface area contributed by atoms with E-state index < -0.39 is 13.9 Å². The molecule has 1 unspecified atom stereocenters. The summed E-state index contributed by atoms with van der Waals surface area (Å²) in [7, 11) is -4.47. The monoisotopic (exact) mass is 296 g/mol. The molecule has 0 aliphatic carbocycles. The summed E-state index contributed by atoms with van der Waals surface area (Å²) >= 11 is 0. The summed E-state index contributed by atoms with van der Waals surface area (Å²) < 4.78 is 21.0. The molecule has 0 amide bonds. The molecule has 2 aromatic carbocycles. The van der Waals surface area contributed by atoms with Crippen LogP contribution in [0.5, 0.6) is 5.75 Å². The van der Waals surface area contributed by atoms with Crippen LogP contribution in [0, 0.1) is 0 Å². The number of fused-ring (bicyclic) bond motifs is 1. The molecule has 2 N–H and O–H groups in total. The van der Waals surface area contributed by atoms with Crippen molar-refractivity contribution in [3.8, 4) is 5.75 Å². The maximum absolute atomic E-state index is 10.7. The van der Waals surface area contributed by atoms with Gasteiger partial charge in [-0.05, 0) is 17.9 Å². The summed E-state index contributed by atoms with van der Waals surface area (Å²) in [5.74, 6) is 0.685. The third-order valence-corrected chi connectivity index (χ3v) is 3.41. The van der Waals surface area contributed by atoms with Gasteiger partial charge in [-0.15, -0.1) is 0 Å². The van der Waals surface area contributed by atoms with E-state index in [2.05, 4.69) is 4.52 Å². The van der Waals surface area contributed by atoms with Crippen molar-refractivity contribution < 1.29 is 23.6 Å². The van der Waals surface area contributed by atoms with E-state index in [9.17, 15) is 4.57 Å². The van der Waals surface area contributed by atoms with Gasteiger partial charge in [0.2, 0.25) is 0 Å². The third kappa shape index (κ3) is 4.05. The minimum absolute atomic E-state index is 0.149. The second-order valence-electron chi connectivity index (χ2n) is 4.41. The Bertz CT molecular complexity index is 616. The van der Waals surface area contributed by atoms with E-state index in [0.29, 0.717) is 12.2 Å². The fourth-order valence-corrected chi connectivity index (χ4v) is 2.25. The number of ether oxygens (including phenoxy) is 1. The standard InChI is InChI=1S/C14H17O5P/c1-2-12(10-18-20(15,16)17)19-14-9-5-7-11-6-3-4-8-13(11)14/h3-9,12H,2,10H2,1H3,(H2,15,16,17). The van der Waals surface area contributed by atoms with Crippen molar-refractivity contribution in [3.63, 3.8) is 0 Å². The van der Waals surface area contributed by atoms with Gasteiger partial charge in [-0.1, -0.05) is 43.3 Å². The van der Waals surface area contributed by atoms with Crippen molar-refractivity contribution in [2.45, 2.75) is 19.4 Å². The van der Waals surface area contributed by atoms with E-state index in [1.165, 1.54) is 0 Å². The highest BCUT2D eigenvalue weighted by atomic mass is 31.2. The van der Waals surface area contributed by atoms with Crippen molar-refractivity contribution >= 4 is 18.6 Å².